The van der Waals surface area contributed by atoms with Crippen molar-refractivity contribution in [2.45, 2.75) is 65.0 Å². The van der Waals surface area contributed by atoms with Crippen molar-refractivity contribution in [3.8, 4) is 0 Å². The third-order valence-electron chi connectivity index (χ3n) is 4.78. The SMILES string of the molecule is Cc1nn(C)c(C)c1C(C)NC(=O)N(C)C1CCCCC1. The van der Waals surface area contributed by atoms with Crippen LogP contribution in [0.3, 0.4) is 0 Å². The predicted molar refractivity (Wildman–Crippen MR) is 84.3 cm³/mol. The van der Waals surface area contributed by atoms with Crippen LogP contribution in [0.25, 0.3) is 0 Å². The predicted octanol–water partition coefficient (Wildman–Crippen LogP) is 3.07. The third-order valence-corrected chi connectivity index (χ3v) is 4.78. The van der Waals surface area contributed by atoms with E-state index in [0.717, 1.165) is 29.8 Å². The van der Waals surface area contributed by atoms with Crippen molar-refractivity contribution in [2.24, 2.45) is 7.05 Å². The highest BCUT2D eigenvalue weighted by molar-refractivity contribution is 5.74. The van der Waals surface area contributed by atoms with Crippen LogP contribution in [0, 0.1) is 13.8 Å². The third kappa shape index (κ3) is 3.39. The molecular formula is C16H28N4O. The Hall–Kier alpha value is -1.52. The first-order valence-corrected chi connectivity index (χ1v) is 7.95. The monoisotopic (exact) mass is 292 g/mol. The van der Waals surface area contributed by atoms with Crippen molar-refractivity contribution in [1.29, 1.82) is 0 Å². The summed E-state index contributed by atoms with van der Waals surface area (Å²) in [5, 5.41) is 7.55. The second-order valence-electron chi connectivity index (χ2n) is 6.28. The molecule has 0 bridgehead atoms. The van der Waals surface area contributed by atoms with Gasteiger partial charge in [-0.1, -0.05) is 19.3 Å². The maximum atomic E-state index is 12.4. The highest BCUT2D eigenvalue weighted by atomic mass is 16.2. The first kappa shape index (κ1) is 15.9. The molecule has 0 spiro atoms. The summed E-state index contributed by atoms with van der Waals surface area (Å²) in [6, 6.07) is 0.399. The van der Waals surface area contributed by atoms with E-state index in [2.05, 4.69) is 10.4 Å². The van der Waals surface area contributed by atoms with Gasteiger partial charge in [0.15, 0.2) is 0 Å². The smallest absolute Gasteiger partial charge is 0.317 e. The summed E-state index contributed by atoms with van der Waals surface area (Å²) >= 11 is 0. The second-order valence-corrected chi connectivity index (χ2v) is 6.28. The van der Waals surface area contributed by atoms with Crippen LogP contribution in [0.4, 0.5) is 4.79 Å². The average molecular weight is 292 g/mol. The molecule has 1 fully saturated rings. The normalized spacial score (nSPS) is 17.6. The summed E-state index contributed by atoms with van der Waals surface area (Å²) in [6.45, 7) is 6.07. The molecule has 1 atom stereocenters. The number of carbonyl (C=O) groups is 1. The van der Waals surface area contributed by atoms with Gasteiger partial charge in [0.05, 0.1) is 11.7 Å². The lowest BCUT2D eigenvalue weighted by Gasteiger charge is -2.32. The van der Waals surface area contributed by atoms with Crippen LogP contribution in [0.5, 0.6) is 0 Å². The van der Waals surface area contributed by atoms with Gasteiger partial charge in [0.2, 0.25) is 0 Å². The minimum absolute atomic E-state index is 0.0164. The summed E-state index contributed by atoms with van der Waals surface area (Å²) in [4.78, 5) is 14.3. The summed E-state index contributed by atoms with van der Waals surface area (Å²) < 4.78 is 1.87. The fourth-order valence-corrected chi connectivity index (χ4v) is 3.41. The fourth-order valence-electron chi connectivity index (χ4n) is 3.41. The largest absolute Gasteiger partial charge is 0.331 e. The van der Waals surface area contributed by atoms with E-state index in [0.29, 0.717) is 6.04 Å². The topological polar surface area (TPSA) is 50.2 Å². The average Bonchev–Trinajstić information content (AvgIpc) is 2.72. The van der Waals surface area contributed by atoms with Gasteiger partial charge in [-0.3, -0.25) is 4.68 Å². The molecule has 2 rings (SSSR count). The van der Waals surface area contributed by atoms with E-state index in [4.69, 9.17) is 0 Å². The Balaban J connectivity index is 2.01. The molecule has 118 valence electrons. The zero-order valence-electron chi connectivity index (χ0n) is 13.9. The van der Waals surface area contributed by atoms with Crippen LogP contribution in [-0.4, -0.2) is 33.8 Å². The molecule has 1 heterocycles. The van der Waals surface area contributed by atoms with Gasteiger partial charge in [-0.2, -0.15) is 5.10 Å². The van der Waals surface area contributed by atoms with E-state index in [1.807, 2.05) is 44.4 Å². The lowest BCUT2D eigenvalue weighted by Crippen LogP contribution is -2.45. The maximum absolute atomic E-state index is 12.4. The van der Waals surface area contributed by atoms with Gasteiger partial charge in [0.25, 0.3) is 0 Å². The zero-order valence-corrected chi connectivity index (χ0v) is 13.9. The van der Waals surface area contributed by atoms with E-state index >= 15 is 0 Å². The molecule has 5 nitrogen and oxygen atoms in total. The van der Waals surface area contributed by atoms with Crippen LogP contribution < -0.4 is 5.32 Å². The number of nitrogens with zero attached hydrogens (tertiary/aromatic N) is 3. The molecule has 1 saturated carbocycles. The number of amides is 2. The lowest BCUT2D eigenvalue weighted by atomic mass is 9.95. The molecule has 1 N–H and O–H groups in total. The van der Waals surface area contributed by atoms with Crippen LogP contribution in [0.15, 0.2) is 0 Å². The van der Waals surface area contributed by atoms with Crippen molar-refractivity contribution >= 4 is 6.03 Å². The van der Waals surface area contributed by atoms with Gasteiger partial charge in [-0.25, -0.2) is 4.79 Å². The van der Waals surface area contributed by atoms with Gasteiger partial charge in [0, 0.05) is 31.4 Å². The summed E-state index contributed by atoms with van der Waals surface area (Å²) in [5.74, 6) is 0. The molecule has 1 aromatic rings. The molecule has 1 aliphatic rings. The number of hydrogen-bond donors (Lipinski definition) is 1. The number of aryl methyl sites for hydroxylation is 2. The van der Waals surface area contributed by atoms with Crippen LogP contribution >= 0.6 is 0 Å². The highest BCUT2D eigenvalue weighted by Gasteiger charge is 2.24. The van der Waals surface area contributed by atoms with E-state index in [1.54, 1.807) is 0 Å². The Morgan fingerprint density at radius 1 is 1.33 bits per heavy atom. The molecule has 0 aromatic carbocycles. The van der Waals surface area contributed by atoms with Gasteiger partial charge in [-0.15, -0.1) is 0 Å². The number of rotatable bonds is 3. The van der Waals surface area contributed by atoms with Gasteiger partial charge < -0.3 is 10.2 Å². The van der Waals surface area contributed by atoms with Gasteiger partial charge in [0.1, 0.15) is 0 Å². The summed E-state index contributed by atoms with van der Waals surface area (Å²) in [5.41, 5.74) is 3.23. The van der Waals surface area contributed by atoms with Crippen LogP contribution in [0.2, 0.25) is 0 Å². The lowest BCUT2D eigenvalue weighted by molar-refractivity contribution is 0.171. The van der Waals surface area contributed by atoms with Crippen LogP contribution in [-0.2, 0) is 7.05 Å². The Morgan fingerprint density at radius 3 is 2.48 bits per heavy atom. The van der Waals surface area contributed by atoms with E-state index in [9.17, 15) is 4.79 Å². The molecular weight excluding hydrogens is 264 g/mol. The van der Waals surface area contributed by atoms with Gasteiger partial charge >= 0.3 is 6.03 Å². The summed E-state index contributed by atoms with van der Waals surface area (Å²) in [6.07, 6.45) is 6.03. The summed E-state index contributed by atoms with van der Waals surface area (Å²) in [7, 11) is 3.86. The minimum atomic E-state index is -0.0164. The number of aromatic nitrogens is 2. The quantitative estimate of drug-likeness (QED) is 0.930. The standard InChI is InChI=1S/C16H28N4O/c1-11(15-12(2)18-20(5)13(15)3)17-16(21)19(4)14-9-7-6-8-10-14/h11,14H,6-10H2,1-5H3,(H,17,21). The van der Waals surface area contributed by atoms with Crippen molar-refractivity contribution in [3.63, 3.8) is 0 Å². The van der Waals surface area contributed by atoms with Crippen molar-refractivity contribution < 1.29 is 4.79 Å². The Bertz CT molecular complexity index is 503. The molecule has 1 aliphatic carbocycles. The first-order valence-electron chi connectivity index (χ1n) is 7.95. The maximum Gasteiger partial charge on any atom is 0.317 e. The molecule has 0 radical (unpaired) electrons. The minimum Gasteiger partial charge on any atom is -0.331 e. The van der Waals surface area contributed by atoms with E-state index in [1.165, 1.54) is 19.3 Å². The number of nitrogens with one attached hydrogen (secondary N) is 1. The number of hydrogen-bond acceptors (Lipinski definition) is 2. The molecule has 0 saturated heterocycles. The van der Waals surface area contributed by atoms with E-state index < -0.39 is 0 Å². The van der Waals surface area contributed by atoms with Crippen molar-refractivity contribution in [2.75, 3.05) is 7.05 Å². The first-order chi connectivity index (χ1) is 9.91. The Morgan fingerprint density at radius 2 is 1.95 bits per heavy atom. The zero-order chi connectivity index (χ0) is 15.6. The Labute approximate surface area is 127 Å². The Kier molecular flexibility index (Phi) is 4.91. The van der Waals surface area contributed by atoms with Gasteiger partial charge in [-0.05, 0) is 33.6 Å². The molecule has 5 heteroatoms. The molecule has 1 aromatic heterocycles. The van der Waals surface area contributed by atoms with E-state index in [-0.39, 0.29) is 12.1 Å². The highest BCUT2D eigenvalue weighted by Crippen LogP contribution is 2.23. The number of urea groups is 1. The van der Waals surface area contributed by atoms with Crippen molar-refractivity contribution in [3.05, 3.63) is 17.0 Å². The molecule has 21 heavy (non-hydrogen) atoms. The van der Waals surface area contributed by atoms with Crippen LogP contribution in [0.1, 0.15) is 62.0 Å². The molecule has 2 amide bonds. The van der Waals surface area contributed by atoms with Crippen molar-refractivity contribution in [1.82, 2.24) is 20.0 Å². The molecule has 0 aliphatic heterocycles. The fraction of sp³-hybridized carbons (Fsp3) is 0.750. The second kappa shape index (κ2) is 6.50. The molecule has 1 unspecified atom stereocenters. The number of carbonyl (C=O) groups excluding carboxylic acids is 1.